The lowest BCUT2D eigenvalue weighted by Gasteiger charge is -2.11. The van der Waals surface area contributed by atoms with Crippen LogP contribution in [0.1, 0.15) is 0 Å². The minimum Gasteiger partial charge on any atom is -0.388 e. The molecular formula is C22H19ClN4O2S. The molecule has 0 fully saturated rings. The fourth-order valence-corrected chi connectivity index (χ4v) is 4.21. The molecule has 2 N–H and O–H groups in total. The zero-order valence-electron chi connectivity index (χ0n) is 16.1. The number of nitrogens with zero attached hydrogens (tertiary/aromatic N) is 2. The normalized spacial score (nSPS) is 11.3. The van der Waals surface area contributed by atoms with E-state index in [4.69, 9.17) is 11.6 Å². The summed E-state index contributed by atoms with van der Waals surface area (Å²) >= 11 is 6.02. The third kappa shape index (κ3) is 4.03. The summed E-state index contributed by atoms with van der Waals surface area (Å²) in [6.07, 6.45) is 0. The van der Waals surface area contributed by atoms with E-state index in [1.807, 2.05) is 49.5 Å². The Morgan fingerprint density at radius 3 is 2.27 bits per heavy atom. The Bertz CT molecular complexity index is 1270. The molecule has 0 aliphatic rings. The van der Waals surface area contributed by atoms with E-state index in [0.29, 0.717) is 16.4 Å². The first-order valence-corrected chi connectivity index (χ1v) is 11.0. The van der Waals surface area contributed by atoms with Gasteiger partial charge in [0.25, 0.3) is 10.0 Å². The number of anilines is 1. The molecule has 0 aliphatic heterocycles. The molecule has 6 nitrogen and oxygen atoms in total. The minimum atomic E-state index is -3.83. The van der Waals surface area contributed by atoms with E-state index in [9.17, 15) is 8.42 Å². The van der Waals surface area contributed by atoms with Gasteiger partial charge in [0.05, 0.1) is 16.3 Å². The predicted octanol–water partition coefficient (Wildman–Crippen LogP) is 4.84. The molecule has 0 saturated carbocycles. The van der Waals surface area contributed by atoms with Gasteiger partial charge in [0.15, 0.2) is 0 Å². The van der Waals surface area contributed by atoms with E-state index in [1.165, 1.54) is 16.9 Å². The fraction of sp³-hybridized carbons (Fsp3) is 0.0455. The fourth-order valence-electron chi connectivity index (χ4n) is 3.10. The van der Waals surface area contributed by atoms with Crippen LogP contribution in [0.2, 0.25) is 5.02 Å². The van der Waals surface area contributed by atoms with Crippen LogP contribution in [-0.4, -0.2) is 25.4 Å². The van der Waals surface area contributed by atoms with Crippen molar-refractivity contribution in [1.82, 2.24) is 9.89 Å². The second-order valence-electron chi connectivity index (χ2n) is 6.54. The van der Waals surface area contributed by atoms with Crippen LogP contribution in [0.3, 0.4) is 0 Å². The van der Waals surface area contributed by atoms with Crippen LogP contribution in [-0.2, 0) is 10.0 Å². The van der Waals surface area contributed by atoms with Gasteiger partial charge in [-0.15, -0.1) is 0 Å². The molecule has 0 amide bonds. The topological polar surface area (TPSA) is 76.0 Å². The number of sulfonamides is 1. The monoisotopic (exact) mass is 438 g/mol. The SMILES string of the molecule is CNc1ccccc1-c1cc(-c2ccc(Cl)cc2)n(NS(=O)(=O)c2ccccc2)n1. The Morgan fingerprint density at radius 1 is 0.900 bits per heavy atom. The molecule has 8 heteroatoms. The average molecular weight is 439 g/mol. The Labute approximate surface area is 180 Å². The van der Waals surface area contributed by atoms with Gasteiger partial charge in [0.1, 0.15) is 0 Å². The summed E-state index contributed by atoms with van der Waals surface area (Å²) in [6, 6.07) is 24.8. The molecule has 152 valence electrons. The Morgan fingerprint density at radius 2 is 1.57 bits per heavy atom. The molecule has 0 radical (unpaired) electrons. The van der Waals surface area contributed by atoms with E-state index >= 15 is 0 Å². The first-order valence-electron chi connectivity index (χ1n) is 9.19. The first kappa shape index (κ1) is 20.0. The van der Waals surface area contributed by atoms with E-state index in [0.717, 1.165) is 16.8 Å². The lowest BCUT2D eigenvalue weighted by Crippen LogP contribution is -2.25. The molecule has 4 aromatic rings. The zero-order valence-corrected chi connectivity index (χ0v) is 17.7. The van der Waals surface area contributed by atoms with Crippen LogP contribution in [0.25, 0.3) is 22.5 Å². The summed E-state index contributed by atoms with van der Waals surface area (Å²) in [5.74, 6) is 0. The van der Waals surface area contributed by atoms with Crippen molar-refractivity contribution >= 4 is 27.3 Å². The van der Waals surface area contributed by atoms with Crippen molar-refractivity contribution in [3.63, 3.8) is 0 Å². The van der Waals surface area contributed by atoms with Crippen LogP contribution >= 0.6 is 11.6 Å². The number of hydrogen-bond acceptors (Lipinski definition) is 4. The molecule has 1 aromatic heterocycles. The van der Waals surface area contributed by atoms with Crippen molar-refractivity contribution in [3.8, 4) is 22.5 Å². The van der Waals surface area contributed by atoms with Crippen LogP contribution in [0.15, 0.2) is 89.8 Å². The van der Waals surface area contributed by atoms with Gasteiger partial charge in [-0.2, -0.15) is 23.1 Å². The molecular weight excluding hydrogens is 420 g/mol. The van der Waals surface area contributed by atoms with Gasteiger partial charge in [0, 0.05) is 28.9 Å². The highest BCUT2D eigenvalue weighted by molar-refractivity contribution is 7.92. The van der Waals surface area contributed by atoms with Crippen molar-refractivity contribution < 1.29 is 8.42 Å². The largest absolute Gasteiger partial charge is 0.388 e. The maximum atomic E-state index is 12.9. The van der Waals surface area contributed by atoms with Crippen molar-refractivity contribution in [2.24, 2.45) is 0 Å². The van der Waals surface area contributed by atoms with Crippen LogP contribution in [0, 0.1) is 0 Å². The van der Waals surface area contributed by atoms with Crippen LogP contribution in [0.4, 0.5) is 5.69 Å². The van der Waals surface area contributed by atoms with Crippen molar-refractivity contribution in [2.45, 2.75) is 4.90 Å². The summed E-state index contributed by atoms with van der Waals surface area (Å²) in [4.78, 5) is 4.01. The van der Waals surface area contributed by atoms with Gasteiger partial charge in [-0.3, -0.25) is 0 Å². The second-order valence-corrected chi connectivity index (χ2v) is 8.63. The zero-order chi connectivity index (χ0) is 21.1. The molecule has 0 bridgehead atoms. The smallest absolute Gasteiger partial charge is 0.276 e. The molecule has 0 unspecified atom stereocenters. The molecule has 4 rings (SSSR count). The number of nitrogens with one attached hydrogen (secondary N) is 2. The van der Waals surface area contributed by atoms with E-state index < -0.39 is 10.0 Å². The van der Waals surface area contributed by atoms with Gasteiger partial charge in [-0.05, 0) is 36.4 Å². The quantitative estimate of drug-likeness (QED) is 0.451. The van der Waals surface area contributed by atoms with E-state index in [1.54, 1.807) is 30.3 Å². The number of aromatic nitrogens is 2. The molecule has 3 aromatic carbocycles. The van der Waals surface area contributed by atoms with Gasteiger partial charge in [-0.1, -0.05) is 60.1 Å². The third-order valence-corrected chi connectivity index (χ3v) is 6.14. The summed E-state index contributed by atoms with van der Waals surface area (Å²) in [5, 5.41) is 8.28. The number of hydrogen-bond donors (Lipinski definition) is 2. The van der Waals surface area contributed by atoms with Crippen molar-refractivity contribution in [3.05, 3.63) is 90.0 Å². The Kier molecular flexibility index (Phi) is 5.48. The highest BCUT2D eigenvalue weighted by atomic mass is 35.5. The van der Waals surface area contributed by atoms with Crippen LogP contribution < -0.4 is 10.1 Å². The number of benzene rings is 3. The summed E-state index contributed by atoms with van der Waals surface area (Å²) in [7, 11) is -2.00. The maximum absolute atomic E-state index is 12.9. The third-order valence-electron chi connectivity index (χ3n) is 4.58. The first-order chi connectivity index (χ1) is 14.5. The second kappa shape index (κ2) is 8.22. The maximum Gasteiger partial charge on any atom is 0.276 e. The molecule has 0 atom stereocenters. The summed E-state index contributed by atoms with van der Waals surface area (Å²) in [5.41, 5.74) is 3.73. The Hall–Kier alpha value is -3.29. The van der Waals surface area contributed by atoms with Gasteiger partial charge in [-0.25, -0.2) is 0 Å². The number of rotatable bonds is 6. The number of halogens is 1. The van der Waals surface area contributed by atoms with Gasteiger partial charge >= 0.3 is 0 Å². The lowest BCUT2D eigenvalue weighted by molar-refractivity contribution is 0.592. The average Bonchev–Trinajstić information content (AvgIpc) is 3.17. The number of para-hydroxylation sites is 1. The lowest BCUT2D eigenvalue weighted by atomic mass is 10.1. The highest BCUT2D eigenvalue weighted by Gasteiger charge is 2.19. The van der Waals surface area contributed by atoms with Gasteiger partial charge < -0.3 is 5.32 Å². The molecule has 30 heavy (non-hydrogen) atoms. The molecule has 0 aliphatic carbocycles. The molecule has 0 saturated heterocycles. The van der Waals surface area contributed by atoms with Gasteiger partial charge in [0.2, 0.25) is 0 Å². The van der Waals surface area contributed by atoms with E-state index in [2.05, 4.69) is 15.2 Å². The molecule has 1 heterocycles. The van der Waals surface area contributed by atoms with Crippen molar-refractivity contribution in [2.75, 3.05) is 17.2 Å². The van der Waals surface area contributed by atoms with Crippen LogP contribution in [0.5, 0.6) is 0 Å². The Balaban J connectivity index is 1.84. The highest BCUT2D eigenvalue weighted by Crippen LogP contribution is 2.31. The molecule has 0 spiro atoms. The minimum absolute atomic E-state index is 0.153. The standard InChI is InChI=1S/C22H19ClN4O2S/c1-24-20-10-6-5-9-19(20)21-15-22(16-11-13-17(23)14-12-16)27(25-21)26-30(28,29)18-7-3-2-4-8-18/h2-15,24,26H,1H3. The predicted molar refractivity (Wildman–Crippen MR) is 121 cm³/mol. The summed E-state index contributed by atoms with van der Waals surface area (Å²) < 4.78 is 25.8. The summed E-state index contributed by atoms with van der Waals surface area (Å²) in [6.45, 7) is 0. The van der Waals surface area contributed by atoms with E-state index in [-0.39, 0.29) is 4.90 Å². The van der Waals surface area contributed by atoms with Crippen molar-refractivity contribution in [1.29, 1.82) is 0 Å².